The summed E-state index contributed by atoms with van der Waals surface area (Å²) in [6.45, 7) is 1.17. The Balaban J connectivity index is 2.53. The van der Waals surface area contributed by atoms with Gasteiger partial charge in [0.1, 0.15) is 5.75 Å². The summed E-state index contributed by atoms with van der Waals surface area (Å²) >= 11 is 6.50. The number of hydrazine groups is 1. The molecule has 0 unspecified atom stereocenters. The molecule has 0 aromatic heterocycles. The van der Waals surface area contributed by atoms with E-state index in [0.717, 1.165) is 4.47 Å². The number of hydrogen-bond donors (Lipinski definition) is 2. The van der Waals surface area contributed by atoms with Crippen LogP contribution in [0, 0.1) is 6.92 Å². The fourth-order valence-corrected chi connectivity index (χ4v) is 2.80. The van der Waals surface area contributed by atoms with E-state index in [1.54, 1.807) is 24.5 Å². The number of carbonyl (C=O) groups is 2. The molecule has 0 saturated carbocycles. The number of aryl methyl sites for hydroxylation is 1. The highest BCUT2D eigenvalue weighted by molar-refractivity contribution is 9.11. The molecule has 116 valence electrons. The van der Waals surface area contributed by atoms with Crippen molar-refractivity contribution in [2.75, 3.05) is 6.61 Å². The smallest absolute Gasteiger partial charge is 0.472 e. The number of carbonyl (C=O) groups excluding carboxylic acids is 2. The molecule has 1 rings (SSSR count). The highest BCUT2D eigenvalue weighted by Crippen LogP contribution is 2.32. The second-order valence-electron chi connectivity index (χ2n) is 3.82. The fourth-order valence-electron chi connectivity index (χ4n) is 1.24. The highest BCUT2D eigenvalue weighted by atomic mass is 79.9. The first-order valence-corrected chi connectivity index (χ1v) is 6.94. The van der Waals surface area contributed by atoms with Crippen molar-refractivity contribution >= 4 is 43.7 Å². The first-order valence-electron chi connectivity index (χ1n) is 5.35. The van der Waals surface area contributed by atoms with Crippen molar-refractivity contribution in [3.63, 3.8) is 0 Å². The monoisotopic (exact) mass is 432 g/mol. The fraction of sp³-hybridized carbons (Fsp3) is 0.273. The summed E-state index contributed by atoms with van der Waals surface area (Å²) in [5, 5.41) is 0. The number of amides is 2. The van der Waals surface area contributed by atoms with Crippen molar-refractivity contribution < 1.29 is 27.5 Å². The number of ether oxygens (including phenoxy) is 1. The van der Waals surface area contributed by atoms with Gasteiger partial charge in [0.15, 0.2) is 6.61 Å². The Labute approximate surface area is 134 Å². The van der Waals surface area contributed by atoms with Gasteiger partial charge in [-0.2, -0.15) is 13.2 Å². The maximum Gasteiger partial charge on any atom is 0.472 e. The van der Waals surface area contributed by atoms with Crippen LogP contribution in [0.1, 0.15) is 5.56 Å². The Morgan fingerprint density at radius 1 is 1.24 bits per heavy atom. The van der Waals surface area contributed by atoms with Crippen LogP contribution < -0.4 is 15.6 Å². The third-order valence-corrected chi connectivity index (χ3v) is 3.16. The van der Waals surface area contributed by atoms with Crippen LogP contribution in [0.4, 0.5) is 13.2 Å². The van der Waals surface area contributed by atoms with Crippen molar-refractivity contribution in [1.29, 1.82) is 0 Å². The molecular formula is C11H9Br2F3N2O3. The minimum atomic E-state index is -5.07. The van der Waals surface area contributed by atoms with Gasteiger partial charge >= 0.3 is 12.1 Å². The lowest BCUT2D eigenvalue weighted by atomic mass is 10.2. The average Bonchev–Trinajstić information content (AvgIpc) is 2.33. The molecule has 0 spiro atoms. The number of nitrogens with one attached hydrogen (secondary N) is 2. The quantitative estimate of drug-likeness (QED) is 0.720. The van der Waals surface area contributed by atoms with E-state index < -0.39 is 24.6 Å². The van der Waals surface area contributed by atoms with Gasteiger partial charge in [0.25, 0.3) is 5.91 Å². The summed E-state index contributed by atoms with van der Waals surface area (Å²) < 4.78 is 42.2. The molecule has 1 aromatic carbocycles. The molecule has 0 fully saturated rings. The predicted molar refractivity (Wildman–Crippen MR) is 74.4 cm³/mol. The zero-order chi connectivity index (χ0) is 16.2. The van der Waals surface area contributed by atoms with Crippen LogP contribution in [0.5, 0.6) is 5.75 Å². The molecule has 5 nitrogen and oxygen atoms in total. The number of hydrogen-bond acceptors (Lipinski definition) is 3. The Morgan fingerprint density at radius 3 is 2.38 bits per heavy atom. The maximum atomic E-state index is 11.9. The van der Waals surface area contributed by atoms with Gasteiger partial charge in [-0.15, -0.1) is 0 Å². The van der Waals surface area contributed by atoms with Gasteiger partial charge < -0.3 is 4.74 Å². The number of halogens is 5. The van der Waals surface area contributed by atoms with E-state index in [-0.39, 0.29) is 0 Å². The van der Waals surface area contributed by atoms with Gasteiger partial charge in [0, 0.05) is 4.47 Å². The van der Waals surface area contributed by atoms with Gasteiger partial charge in [-0.05, 0) is 40.5 Å². The average molecular weight is 434 g/mol. The van der Waals surface area contributed by atoms with E-state index in [1.165, 1.54) is 5.43 Å². The molecule has 0 bridgehead atoms. The summed E-state index contributed by atoms with van der Waals surface area (Å²) in [6.07, 6.45) is -5.07. The summed E-state index contributed by atoms with van der Waals surface area (Å²) in [4.78, 5) is 21.8. The van der Waals surface area contributed by atoms with E-state index in [9.17, 15) is 22.8 Å². The molecule has 0 aliphatic heterocycles. The second kappa shape index (κ2) is 7.12. The van der Waals surface area contributed by atoms with E-state index in [2.05, 4.69) is 31.9 Å². The first kappa shape index (κ1) is 17.8. The molecule has 0 atom stereocenters. The van der Waals surface area contributed by atoms with Crippen LogP contribution in [0.25, 0.3) is 0 Å². The normalized spacial score (nSPS) is 11.0. The Hall–Kier alpha value is -1.29. The zero-order valence-electron chi connectivity index (χ0n) is 10.5. The molecule has 10 heteroatoms. The Bertz CT molecular complexity index is 541. The third kappa shape index (κ3) is 5.54. The largest absolute Gasteiger partial charge is 0.482 e. The first-order chi connectivity index (χ1) is 9.61. The van der Waals surface area contributed by atoms with Gasteiger partial charge in [0.2, 0.25) is 0 Å². The van der Waals surface area contributed by atoms with Crippen molar-refractivity contribution in [1.82, 2.24) is 10.9 Å². The molecular weight excluding hydrogens is 425 g/mol. The van der Waals surface area contributed by atoms with Gasteiger partial charge in [0.05, 0.1) is 4.47 Å². The van der Waals surface area contributed by atoms with Gasteiger partial charge in [-0.25, -0.2) is 0 Å². The summed E-state index contributed by atoms with van der Waals surface area (Å²) in [5.41, 5.74) is 3.55. The van der Waals surface area contributed by atoms with E-state index >= 15 is 0 Å². The van der Waals surface area contributed by atoms with Crippen LogP contribution in [-0.4, -0.2) is 24.6 Å². The van der Waals surface area contributed by atoms with Crippen LogP contribution in [0.3, 0.4) is 0 Å². The lowest BCUT2D eigenvalue weighted by Gasteiger charge is -2.12. The minimum Gasteiger partial charge on any atom is -0.482 e. The van der Waals surface area contributed by atoms with E-state index in [4.69, 9.17) is 4.74 Å². The molecule has 2 amide bonds. The van der Waals surface area contributed by atoms with Crippen LogP contribution in [-0.2, 0) is 9.59 Å². The molecule has 0 radical (unpaired) electrons. The number of rotatable bonds is 3. The SMILES string of the molecule is Cc1cc(Br)cc(Br)c1OCC(=O)NNC(=O)C(F)(F)F. The van der Waals surface area contributed by atoms with Gasteiger partial charge in [-0.3, -0.25) is 20.4 Å². The molecule has 0 saturated heterocycles. The minimum absolute atomic E-state index is 0.371. The van der Waals surface area contributed by atoms with Gasteiger partial charge in [-0.1, -0.05) is 15.9 Å². The summed E-state index contributed by atoms with van der Waals surface area (Å²) in [7, 11) is 0. The van der Waals surface area contributed by atoms with Crippen molar-refractivity contribution in [2.24, 2.45) is 0 Å². The topological polar surface area (TPSA) is 67.4 Å². The van der Waals surface area contributed by atoms with Crippen LogP contribution in [0.15, 0.2) is 21.1 Å². The van der Waals surface area contributed by atoms with Crippen molar-refractivity contribution in [3.8, 4) is 5.75 Å². The maximum absolute atomic E-state index is 11.9. The van der Waals surface area contributed by atoms with Crippen molar-refractivity contribution in [2.45, 2.75) is 13.1 Å². The van der Waals surface area contributed by atoms with E-state index in [0.29, 0.717) is 15.8 Å². The second-order valence-corrected chi connectivity index (χ2v) is 5.59. The summed E-state index contributed by atoms with van der Waals surface area (Å²) in [6, 6.07) is 3.43. The molecule has 21 heavy (non-hydrogen) atoms. The number of benzene rings is 1. The van der Waals surface area contributed by atoms with Crippen LogP contribution in [0.2, 0.25) is 0 Å². The molecule has 1 aromatic rings. The predicted octanol–water partition coefficient (Wildman–Crippen LogP) is 2.61. The summed E-state index contributed by atoms with van der Waals surface area (Å²) in [5.74, 6) is -2.82. The number of alkyl halides is 3. The Morgan fingerprint density at radius 2 is 1.86 bits per heavy atom. The standard InChI is InChI=1S/C11H9Br2F3N2O3/c1-5-2-6(12)3-7(13)9(5)21-4-8(19)17-18-10(20)11(14,15)16/h2-3H,4H2,1H3,(H,17,19)(H,18,20). The third-order valence-electron chi connectivity index (χ3n) is 2.11. The molecule has 0 heterocycles. The molecule has 2 N–H and O–H groups in total. The zero-order valence-corrected chi connectivity index (χ0v) is 13.6. The Kier molecular flexibility index (Phi) is 6.02. The molecule has 0 aliphatic rings. The van der Waals surface area contributed by atoms with Crippen LogP contribution >= 0.6 is 31.9 Å². The lowest BCUT2D eigenvalue weighted by Crippen LogP contribution is -2.49. The lowest BCUT2D eigenvalue weighted by molar-refractivity contribution is -0.175. The highest BCUT2D eigenvalue weighted by Gasteiger charge is 2.38. The molecule has 0 aliphatic carbocycles. The van der Waals surface area contributed by atoms with Crippen molar-refractivity contribution in [3.05, 3.63) is 26.6 Å². The van der Waals surface area contributed by atoms with E-state index in [1.807, 2.05) is 0 Å².